The van der Waals surface area contributed by atoms with Crippen LogP contribution in [0.1, 0.15) is 22.3 Å². The lowest BCUT2D eigenvalue weighted by molar-refractivity contribution is 0.669. The van der Waals surface area contributed by atoms with Crippen molar-refractivity contribution in [1.29, 1.82) is 0 Å². The molecule has 0 fully saturated rings. The van der Waals surface area contributed by atoms with E-state index in [4.69, 9.17) is 20.1 Å². The predicted octanol–water partition coefficient (Wildman–Crippen LogP) is 13.4. The Morgan fingerprint density at radius 2 is 1.18 bits per heavy atom. The third kappa shape index (κ3) is 8.13. The van der Waals surface area contributed by atoms with Gasteiger partial charge in [0.15, 0.2) is 5.82 Å². The molecular formula is C51H40N4OS. The average molecular weight is 757 g/mol. The normalized spacial score (nSPS) is 11.2. The number of fused-ring (bicyclic) bond motifs is 6. The molecule has 0 aliphatic carbocycles. The van der Waals surface area contributed by atoms with Crippen LogP contribution in [0.15, 0.2) is 198 Å². The molecule has 0 aliphatic heterocycles. The van der Waals surface area contributed by atoms with Crippen LogP contribution in [0.4, 0.5) is 0 Å². The number of aliphatic imine (C=N–C) groups is 1. The summed E-state index contributed by atoms with van der Waals surface area (Å²) in [6.07, 6.45) is 0. The Balaban J connectivity index is 0.000000127. The summed E-state index contributed by atoms with van der Waals surface area (Å²) in [6, 6.07) is 61.0. The van der Waals surface area contributed by atoms with Gasteiger partial charge in [0.25, 0.3) is 0 Å². The van der Waals surface area contributed by atoms with E-state index in [-0.39, 0.29) is 0 Å². The van der Waals surface area contributed by atoms with Crippen LogP contribution in [0.3, 0.4) is 0 Å². The molecule has 0 bridgehead atoms. The van der Waals surface area contributed by atoms with Crippen molar-refractivity contribution in [2.45, 2.75) is 13.8 Å². The fraction of sp³-hybridized carbons (Fsp3) is 0.0392. The van der Waals surface area contributed by atoms with Gasteiger partial charge in [0, 0.05) is 37.5 Å². The molecule has 0 amide bonds. The summed E-state index contributed by atoms with van der Waals surface area (Å²) in [5, 5.41) is 3.64. The molecule has 0 saturated heterocycles. The molecule has 0 saturated carbocycles. The molecular weight excluding hydrogens is 717 g/mol. The lowest BCUT2D eigenvalue weighted by atomic mass is 10.1. The minimum Gasteiger partial charge on any atom is -0.456 e. The number of amidine groups is 1. The van der Waals surface area contributed by atoms with E-state index in [9.17, 15) is 0 Å². The summed E-state index contributed by atoms with van der Waals surface area (Å²) in [4.78, 5) is 14.2. The maximum atomic E-state index is 5.92. The number of benzene rings is 7. The average Bonchev–Trinajstić information content (AvgIpc) is 3.84. The number of furan rings is 1. The zero-order chi connectivity index (χ0) is 39.1. The SMILES string of the molecule is C=C(N=C(N)c1ccccc1)c1ccccc1.Cc1ccc(-c2nc(-c3ccccc3)nc3c2sc2ccccc23)cc1.Cc1cccc2oc3ccccc3c12. The second-order valence-electron chi connectivity index (χ2n) is 13.6. The van der Waals surface area contributed by atoms with E-state index in [1.165, 1.54) is 32.0 Å². The standard InChI is InChI=1S/C23H16N2S.C15H14N2.C13H10O/c1-15-11-13-16(14-12-15)20-22-21(18-9-5-6-10-19(18)26-22)25-23(24-20)17-7-3-2-4-8-17;1-12(13-8-4-2-5-9-13)17-15(16)14-10-6-3-7-11-14;1-9-5-4-8-12-13(9)10-6-2-3-7-11(10)14-12/h2-14H,1H3;2-11H,1H2,(H2,16,17);2-8H,1H3. The largest absolute Gasteiger partial charge is 0.456 e. The molecule has 0 radical (unpaired) electrons. The van der Waals surface area contributed by atoms with Gasteiger partial charge in [-0.3, -0.25) is 0 Å². The van der Waals surface area contributed by atoms with E-state index in [1.54, 1.807) is 11.3 Å². The Morgan fingerprint density at radius 1 is 0.579 bits per heavy atom. The van der Waals surface area contributed by atoms with Crippen LogP contribution < -0.4 is 5.73 Å². The fourth-order valence-corrected chi connectivity index (χ4v) is 7.83. The van der Waals surface area contributed by atoms with E-state index < -0.39 is 0 Å². The lowest BCUT2D eigenvalue weighted by Gasteiger charge is -2.07. The maximum absolute atomic E-state index is 5.92. The van der Waals surface area contributed by atoms with Crippen molar-refractivity contribution in [2.24, 2.45) is 10.7 Å². The minimum absolute atomic E-state index is 0.486. The predicted molar refractivity (Wildman–Crippen MR) is 242 cm³/mol. The molecule has 6 heteroatoms. The highest BCUT2D eigenvalue weighted by Gasteiger charge is 2.16. The Morgan fingerprint density at radius 3 is 1.89 bits per heavy atom. The highest BCUT2D eigenvalue weighted by molar-refractivity contribution is 7.26. The molecule has 0 spiro atoms. The molecule has 2 N–H and O–H groups in total. The monoisotopic (exact) mass is 756 g/mol. The fourth-order valence-electron chi connectivity index (χ4n) is 6.68. The first-order chi connectivity index (χ1) is 27.9. The number of hydrogen-bond donors (Lipinski definition) is 1. The topological polar surface area (TPSA) is 77.3 Å². The van der Waals surface area contributed by atoms with Crippen molar-refractivity contribution >= 4 is 65.1 Å². The highest BCUT2D eigenvalue weighted by atomic mass is 32.1. The molecule has 0 atom stereocenters. The van der Waals surface area contributed by atoms with Crippen molar-refractivity contribution in [1.82, 2.24) is 9.97 Å². The Kier molecular flexibility index (Phi) is 10.8. The van der Waals surface area contributed by atoms with Crippen molar-refractivity contribution in [3.8, 4) is 22.6 Å². The second kappa shape index (κ2) is 16.7. The van der Waals surface area contributed by atoms with Gasteiger partial charge in [0.1, 0.15) is 17.0 Å². The summed E-state index contributed by atoms with van der Waals surface area (Å²) in [7, 11) is 0. The zero-order valence-electron chi connectivity index (χ0n) is 31.8. The van der Waals surface area contributed by atoms with Crippen LogP contribution in [-0.4, -0.2) is 15.8 Å². The van der Waals surface area contributed by atoms with E-state index in [2.05, 4.69) is 98.2 Å². The van der Waals surface area contributed by atoms with E-state index in [0.29, 0.717) is 11.5 Å². The first kappa shape index (κ1) is 36.8. The molecule has 3 heterocycles. The van der Waals surface area contributed by atoms with Crippen molar-refractivity contribution in [3.05, 3.63) is 211 Å². The molecule has 0 unspecified atom stereocenters. The number of aryl methyl sites for hydroxylation is 2. The summed E-state index contributed by atoms with van der Waals surface area (Å²) in [5.74, 6) is 1.26. The number of para-hydroxylation sites is 1. The molecule has 10 aromatic rings. The van der Waals surface area contributed by atoms with Crippen LogP contribution in [0.2, 0.25) is 0 Å². The Bertz CT molecular complexity index is 2990. The smallest absolute Gasteiger partial charge is 0.160 e. The van der Waals surface area contributed by atoms with Gasteiger partial charge in [-0.25, -0.2) is 15.0 Å². The first-order valence-corrected chi connectivity index (χ1v) is 19.6. The van der Waals surface area contributed by atoms with Gasteiger partial charge in [0.2, 0.25) is 0 Å². The summed E-state index contributed by atoms with van der Waals surface area (Å²) in [6.45, 7) is 8.14. The van der Waals surface area contributed by atoms with Gasteiger partial charge in [-0.05, 0) is 43.2 Å². The third-order valence-corrected chi connectivity index (χ3v) is 10.8. The quantitative estimate of drug-likeness (QED) is 0.140. The Hall–Kier alpha value is -7.15. The summed E-state index contributed by atoms with van der Waals surface area (Å²) in [5.41, 5.74) is 17.2. The minimum atomic E-state index is 0.486. The van der Waals surface area contributed by atoms with Crippen molar-refractivity contribution in [2.75, 3.05) is 0 Å². The molecule has 3 aromatic heterocycles. The van der Waals surface area contributed by atoms with E-state index in [1.807, 2.05) is 109 Å². The highest BCUT2D eigenvalue weighted by Crippen LogP contribution is 2.39. The van der Waals surface area contributed by atoms with Gasteiger partial charge >= 0.3 is 0 Å². The van der Waals surface area contributed by atoms with Crippen LogP contribution in [0.25, 0.3) is 70.6 Å². The van der Waals surface area contributed by atoms with Gasteiger partial charge in [-0.1, -0.05) is 176 Å². The van der Waals surface area contributed by atoms with Crippen LogP contribution in [0.5, 0.6) is 0 Å². The van der Waals surface area contributed by atoms with Crippen LogP contribution in [-0.2, 0) is 0 Å². The molecule has 7 aromatic carbocycles. The van der Waals surface area contributed by atoms with Gasteiger partial charge < -0.3 is 10.2 Å². The molecule has 276 valence electrons. The number of aromatic nitrogens is 2. The number of rotatable bonds is 5. The molecule has 57 heavy (non-hydrogen) atoms. The third-order valence-electron chi connectivity index (χ3n) is 9.62. The lowest BCUT2D eigenvalue weighted by Crippen LogP contribution is -2.12. The van der Waals surface area contributed by atoms with Crippen molar-refractivity contribution in [3.63, 3.8) is 0 Å². The summed E-state index contributed by atoms with van der Waals surface area (Å²) >= 11 is 1.77. The van der Waals surface area contributed by atoms with Crippen LogP contribution >= 0.6 is 11.3 Å². The van der Waals surface area contributed by atoms with Crippen molar-refractivity contribution < 1.29 is 4.42 Å². The summed E-state index contributed by atoms with van der Waals surface area (Å²) < 4.78 is 8.13. The maximum Gasteiger partial charge on any atom is 0.160 e. The second-order valence-corrected chi connectivity index (χ2v) is 14.7. The zero-order valence-corrected chi connectivity index (χ0v) is 32.6. The van der Waals surface area contributed by atoms with Gasteiger partial charge in [-0.2, -0.15) is 0 Å². The number of nitrogens with zero attached hydrogens (tertiary/aromatic N) is 3. The Labute approximate surface area is 336 Å². The molecule has 5 nitrogen and oxygen atoms in total. The number of thiophene rings is 1. The number of nitrogens with two attached hydrogens (primary N) is 1. The van der Waals surface area contributed by atoms with E-state index in [0.717, 1.165) is 55.2 Å². The first-order valence-electron chi connectivity index (χ1n) is 18.8. The van der Waals surface area contributed by atoms with Gasteiger partial charge in [0.05, 0.1) is 21.6 Å². The molecule has 10 rings (SSSR count). The van der Waals surface area contributed by atoms with Gasteiger partial charge in [-0.15, -0.1) is 11.3 Å². The molecule has 0 aliphatic rings. The number of hydrogen-bond acceptors (Lipinski definition) is 5. The van der Waals surface area contributed by atoms with Crippen LogP contribution in [0, 0.1) is 13.8 Å². The van der Waals surface area contributed by atoms with E-state index >= 15 is 0 Å².